The van der Waals surface area contributed by atoms with Crippen molar-refractivity contribution in [1.82, 2.24) is 14.5 Å². The highest BCUT2D eigenvalue weighted by molar-refractivity contribution is 7.25. The monoisotopic (exact) mass is 595 g/mol. The smallest absolute Gasteiger partial charge is 0.160 e. The van der Waals surface area contributed by atoms with E-state index in [0.717, 1.165) is 33.9 Å². The first-order valence-corrected chi connectivity index (χ1v) is 16.3. The second-order valence-electron chi connectivity index (χ2n) is 11.9. The molecule has 0 radical (unpaired) electrons. The van der Waals surface area contributed by atoms with Crippen LogP contribution in [0.1, 0.15) is 18.8 Å². The molecule has 0 saturated carbocycles. The quantitative estimate of drug-likeness (QED) is 0.203. The van der Waals surface area contributed by atoms with Crippen LogP contribution in [-0.4, -0.2) is 14.5 Å². The summed E-state index contributed by atoms with van der Waals surface area (Å²) in [7, 11) is 0. The molecular formula is C41H29N3S. The molecule has 5 aromatic carbocycles. The number of rotatable bonds is 4. The van der Waals surface area contributed by atoms with E-state index in [1.165, 1.54) is 42.0 Å². The van der Waals surface area contributed by atoms with Crippen molar-refractivity contribution >= 4 is 58.9 Å². The molecule has 3 heterocycles. The standard InChI is InChI=1S/C41H29N3S/c1-26-22-29(41-42-34(27-12-4-2-5-13-27)24-35(43-41)28-14-6-3-7-15-28)20-21-36(26)44-37-18-10-8-16-30(37)32-23-33-31-17-9-11-19-39(31)45-40(33)25-38(32)44/h2-26,36H,1H3. The van der Waals surface area contributed by atoms with Crippen molar-refractivity contribution in [2.24, 2.45) is 5.92 Å². The number of hydrogen-bond acceptors (Lipinski definition) is 3. The van der Waals surface area contributed by atoms with E-state index in [0.29, 0.717) is 0 Å². The maximum absolute atomic E-state index is 5.09. The third kappa shape index (κ3) is 4.33. The number of allylic oxidation sites excluding steroid dienone is 4. The second kappa shape index (κ2) is 10.4. The fourth-order valence-corrected chi connectivity index (χ4v) is 8.03. The van der Waals surface area contributed by atoms with Gasteiger partial charge in [0.2, 0.25) is 0 Å². The van der Waals surface area contributed by atoms with Crippen molar-refractivity contribution in [3.8, 4) is 22.5 Å². The lowest BCUT2D eigenvalue weighted by Crippen LogP contribution is -2.16. The molecule has 214 valence electrons. The summed E-state index contributed by atoms with van der Waals surface area (Å²) in [6.07, 6.45) is 6.92. The van der Waals surface area contributed by atoms with Crippen LogP contribution >= 0.6 is 11.3 Å². The molecule has 0 fully saturated rings. The Morgan fingerprint density at radius 1 is 0.578 bits per heavy atom. The zero-order chi connectivity index (χ0) is 29.9. The number of nitrogens with zero attached hydrogens (tertiary/aromatic N) is 3. The summed E-state index contributed by atoms with van der Waals surface area (Å²) >= 11 is 1.88. The molecule has 0 bridgehead atoms. The average Bonchev–Trinajstić information content (AvgIpc) is 3.62. The van der Waals surface area contributed by atoms with E-state index in [9.17, 15) is 0 Å². The molecule has 0 aliphatic heterocycles. The number of aromatic nitrogens is 3. The molecule has 0 saturated heterocycles. The Morgan fingerprint density at radius 3 is 1.93 bits per heavy atom. The average molecular weight is 596 g/mol. The lowest BCUT2D eigenvalue weighted by Gasteiger charge is -2.26. The summed E-state index contributed by atoms with van der Waals surface area (Å²) in [6, 6.07) is 45.4. The normalized spacial score (nSPS) is 16.6. The Balaban J connectivity index is 1.17. The molecule has 0 spiro atoms. The van der Waals surface area contributed by atoms with Gasteiger partial charge in [0, 0.05) is 53.2 Å². The molecule has 8 aromatic rings. The fourth-order valence-electron chi connectivity index (χ4n) is 6.91. The third-order valence-electron chi connectivity index (χ3n) is 9.08. The van der Waals surface area contributed by atoms with Crippen LogP contribution < -0.4 is 0 Å². The maximum Gasteiger partial charge on any atom is 0.160 e. The third-order valence-corrected chi connectivity index (χ3v) is 10.2. The molecule has 2 unspecified atom stereocenters. The summed E-state index contributed by atoms with van der Waals surface area (Å²) in [6.45, 7) is 2.31. The largest absolute Gasteiger partial charge is 0.333 e. The van der Waals surface area contributed by atoms with Crippen LogP contribution in [0.3, 0.4) is 0 Å². The molecule has 1 aliphatic rings. The highest BCUT2D eigenvalue weighted by Crippen LogP contribution is 2.43. The van der Waals surface area contributed by atoms with Crippen molar-refractivity contribution in [3.63, 3.8) is 0 Å². The number of fused-ring (bicyclic) bond motifs is 6. The minimum absolute atomic E-state index is 0.161. The number of benzene rings is 5. The van der Waals surface area contributed by atoms with Gasteiger partial charge >= 0.3 is 0 Å². The topological polar surface area (TPSA) is 30.7 Å². The lowest BCUT2D eigenvalue weighted by molar-refractivity contribution is 0.511. The maximum atomic E-state index is 5.09. The van der Waals surface area contributed by atoms with E-state index < -0.39 is 0 Å². The van der Waals surface area contributed by atoms with Gasteiger partial charge in [-0.3, -0.25) is 0 Å². The van der Waals surface area contributed by atoms with Gasteiger partial charge in [-0.1, -0.05) is 122 Å². The van der Waals surface area contributed by atoms with Crippen LogP contribution in [0.2, 0.25) is 0 Å². The second-order valence-corrected chi connectivity index (χ2v) is 13.0. The molecule has 2 atom stereocenters. The Labute approximate surface area is 265 Å². The highest BCUT2D eigenvalue weighted by Gasteiger charge is 2.25. The van der Waals surface area contributed by atoms with Gasteiger partial charge in [0.15, 0.2) is 5.82 Å². The van der Waals surface area contributed by atoms with Crippen molar-refractivity contribution < 1.29 is 0 Å². The van der Waals surface area contributed by atoms with Crippen LogP contribution in [0.5, 0.6) is 0 Å². The summed E-state index contributed by atoms with van der Waals surface area (Å²) in [5.74, 6) is 0.984. The van der Waals surface area contributed by atoms with E-state index in [-0.39, 0.29) is 12.0 Å². The van der Waals surface area contributed by atoms with Gasteiger partial charge in [0.1, 0.15) is 0 Å². The van der Waals surface area contributed by atoms with Crippen molar-refractivity contribution in [1.29, 1.82) is 0 Å². The van der Waals surface area contributed by atoms with Crippen LogP contribution in [0.4, 0.5) is 0 Å². The SMILES string of the molecule is CC1C=C(c2nc(-c3ccccc3)cc(-c3ccccc3)n2)C=CC1n1c2ccccc2c2cc3c(cc21)sc1ccccc13. The summed E-state index contributed by atoms with van der Waals surface area (Å²) in [5.41, 5.74) is 7.63. The molecule has 3 nitrogen and oxygen atoms in total. The highest BCUT2D eigenvalue weighted by atomic mass is 32.1. The van der Waals surface area contributed by atoms with Gasteiger partial charge in [0.05, 0.1) is 22.9 Å². The van der Waals surface area contributed by atoms with Gasteiger partial charge in [-0.25, -0.2) is 9.97 Å². The number of hydrogen-bond donors (Lipinski definition) is 0. The first-order chi connectivity index (χ1) is 22.2. The van der Waals surface area contributed by atoms with E-state index in [4.69, 9.17) is 9.97 Å². The first kappa shape index (κ1) is 26.1. The fraction of sp³-hybridized carbons (Fsp3) is 0.0732. The lowest BCUT2D eigenvalue weighted by atomic mass is 9.92. The first-order valence-electron chi connectivity index (χ1n) is 15.5. The molecular weight excluding hydrogens is 567 g/mol. The van der Waals surface area contributed by atoms with Gasteiger partial charge in [-0.2, -0.15) is 0 Å². The number of para-hydroxylation sites is 1. The van der Waals surface area contributed by atoms with Gasteiger partial charge < -0.3 is 4.57 Å². The predicted octanol–water partition coefficient (Wildman–Crippen LogP) is 11.1. The van der Waals surface area contributed by atoms with Crippen molar-refractivity contribution in [2.75, 3.05) is 0 Å². The number of thiophene rings is 1. The van der Waals surface area contributed by atoms with E-state index >= 15 is 0 Å². The zero-order valence-electron chi connectivity index (χ0n) is 24.8. The van der Waals surface area contributed by atoms with E-state index in [1.807, 2.05) is 23.5 Å². The van der Waals surface area contributed by atoms with Crippen LogP contribution in [0, 0.1) is 5.92 Å². The minimum Gasteiger partial charge on any atom is -0.333 e. The molecule has 0 amide bonds. The molecule has 0 N–H and O–H groups in total. The van der Waals surface area contributed by atoms with Gasteiger partial charge in [0.25, 0.3) is 0 Å². The van der Waals surface area contributed by atoms with Crippen LogP contribution in [0.25, 0.3) is 70.1 Å². The Morgan fingerprint density at radius 2 is 1.22 bits per heavy atom. The summed E-state index contributed by atoms with van der Waals surface area (Å²) < 4.78 is 5.21. The van der Waals surface area contributed by atoms with Gasteiger partial charge in [-0.05, 0) is 36.2 Å². The molecule has 9 rings (SSSR count). The minimum atomic E-state index is 0.161. The zero-order valence-corrected chi connectivity index (χ0v) is 25.6. The van der Waals surface area contributed by atoms with E-state index in [2.05, 4.69) is 145 Å². The molecule has 3 aromatic heterocycles. The molecule has 1 aliphatic carbocycles. The molecule has 45 heavy (non-hydrogen) atoms. The van der Waals surface area contributed by atoms with Crippen LogP contribution in [-0.2, 0) is 0 Å². The van der Waals surface area contributed by atoms with E-state index in [1.54, 1.807) is 0 Å². The Hall–Kier alpha value is -5.32. The molecule has 4 heteroatoms. The van der Waals surface area contributed by atoms with Gasteiger partial charge in [-0.15, -0.1) is 11.3 Å². The van der Waals surface area contributed by atoms with Crippen molar-refractivity contribution in [2.45, 2.75) is 13.0 Å². The van der Waals surface area contributed by atoms with Crippen LogP contribution in [0.15, 0.2) is 146 Å². The Bertz CT molecular complexity index is 2390. The summed E-state index contributed by atoms with van der Waals surface area (Å²) in [5, 5.41) is 5.28. The van der Waals surface area contributed by atoms with Crippen molar-refractivity contribution in [3.05, 3.63) is 151 Å². The summed E-state index contributed by atoms with van der Waals surface area (Å²) in [4.78, 5) is 10.2. The predicted molar refractivity (Wildman–Crippen MR) is 191 cm³/mol. The Kier molecular flexibility index (Phi) is 6.03.